The van der Waals surface area contributed by atoms with Crippen LogP contribution in [0.5, 0.6) is 0 Å². The molecule has 12 heteroatoms. The smallest absolute Gasteiger partial charge is 0.323 e. The highest BCUT2D eigenvalue weighted by Crippen LogP contribution is 2.31. The third kappa shape index (κ3) is 5.80. The van der Waals surface area contributed by atoms with E-state index in [-0.39, 0.29) is 28.5 Å². The summed E-state index contributed by atoms with van der Waals surface area (Å²) in [4.78, 5) is 54.5. The Balaban J connectivity index is 1.23. The van der Waals surface area contributed by atoms with Crippen LogP contribution in [0.4, 0.5) is 5.69 Å². The minimum Gasteiger partial charge on any atom is -0.480 e. The van der Waals surface area contributed by atoms with Crippen LogP contribution in [-0.4, -0.2) is 66.1 Å². The van der Waals surface area contributed by atoms with Crippen molar-refractivity contribution in [1.82, 2.24) is 23.9 Å². The fourth-order valence-electron chi connectivity index (χ4n) is 5.95. The Bertz CT molecular complexity index is 1900. The van der Waals surface area contributed by atoms with Crippen LogP contribution in [0.1, 0.15) is 22.7 Å². The number of carbonyl (C=O) groups is 1. The number of aliphatic carboxylic acids is 1. The molecular formula is C32H30N6O6. The highest BCUT2D eigenvalue weighted by atomic mass is 16.6. The molecule has 0 radical (unpaired) electrons. The van der Waals surface area contributed by atoms with Gasteiger partial charge in [-0.3, -0.25) is 38.9 Å². The largest absolute Gasteiger partial charge is 0.480 e. The van der Waals surface area contributed by atoms with Crippen molar-refractivity contribution in [3.63, 3.8) is 0 Å². The Morgan fingerprint density at radius 2 is 1.57 bits per heavy atom. The standard InChI is InChI=1S/C32H30N6O6/c39-29(40)21-37-26-18-27(28(38(43)44)17-25(26)33-31(41)32(37)42)36-12-11-22(20-36)19-34-13-15-35(16-14-34)30(23-7-3-1-4-8-23)24-9-5-2-6-10-24/h1-12,17-18,20,30H,13-16,19,21H2,(H,33,41)(H,39,40). The highest BCUT2D eigenvalue weighted by Gasteiger charge is 2.27. The van der Waals surface area contributed by atoms with Gasteiger partial charge in [0.05, 0.1) is 22.0 Å². The first-order valence-corrected chi connectivity index (χ1v) is 14.2. The average molecular weight is 595 g/mol. The van der Waals surface area contributed by atoms with E-state index in [4.69, 9.17) is 0 Å². The average Bonchev–Trinajstić information content (AvgIpc) is 3.49. The molecule has 0 amide bonds. The van der Waals surface area contributed by atoms with Crippen LogP contribution in [0.25, 0.3) is 16.7 Å². The van der Waals surface area contributed by atoms with E-state index in [2.05, 4.69) is 63.3 Å². The molecule has 3 heterocycles. The van der Waals surface area contributed by atoms with Crippen molar-refractivity contribution in [2.45, 2.75) is 19.1 Å². The molecule has 224 valence electrons. The monoisotopic (exact) mass is 594 g/mol. The first-order chi connectivity index (χ1) is 21.3. The van der Waals surface area contributed by atoms with Gasteiger partial charge in [-0.15, -0.1) is 0 Å². The number of rotatable bonds is 9. The molecule has 0 saturated carbocycles. The minimum absolute atomic E-state index is 0.000796. The Labute approximate surface area is 251 Å². The normalized spacial score (nSPS) is 14.3. The summed E-state index contributed by atoms with van der Waals surface area (Å²) in [7, 11) is 0. The molecule has 0 unspecified atom stereocenters. The summed E-state index contributed by atoms with van der Waals surface area (Å²) >= 11 is 0. The van der Waals surface area contributed by atoms with Crippen molar-refractivity contribution in [2.24, 2.45) is 0 Å². The number of nitrogens with one attached hydrogen (secondary N) is 1. The lowest BCUT2D eigenvalue weighted by molar-refractivity contribution is -0.384. The Hall–Kier alpha value is -5.33. The maximum absolute atomic E-state index is 12.4. The molecule has 0 bridgehead atoms. The van der Waals surface area contributed by atoms with Gasteiger partial charge in [0.1, 0.15) is 12.2 Å². The predicted molar refractivity (Wildman–Crippen MR) is 164 cm³/mol. The number of fused-ring (bicyclic) bond motifs is 1. The van der Waals surface area contributed by atoms with Crippen LogP contribution < -0.4 is 11.1 Å². The van der Waals surface area contributed by atoms with Crippen LogP contribution in [0.3, 0.4) is 0 Å². The highest BCUT2D eigenvalue weighted by molar-refractivity contribution is 5.83. The fraction of sp³-hybridized carbons (Fsp3) is 0.219. The Morgan fingerprint density at radius 1 is 0.932 bits per heavy atom. The number of nitro benzene ring substituents is 1. The predicted octanol–water partition coefficient (Wildman–Crippen LogP) is 3.38. The minimum atomic E-state index is -1.32. The van der Waals surface area contributed by atoms with Crippen LogP contribution in [-0.2, 0) is 17.9 Å². The number of aromatic amines is 1. The molecule has 1 fully saturated rings. The van der Waals surface area contributed by atoms with Gasteiger partial charge in [-0.25, -0.2) is 0 Å². The van der Waals surface area contributed by atoms with Crippen LogP contribution >= 0.6 is 0 Å². The van der Waals surface area contributed by atoms with Crippen molar-refractivity contribution >= 4 is 22.7 Å². The Morgan fingerprint density at radius 3 is 2.16 bits per heavy atom. The molecule has 12 nitrogen and oxygen atoms in total. The molecule has 44 heavy (non-hydrogen) atoms. The summed E-state index contributed by atoms with van der Waals surface area (Å²) in [5, 5.41) is 21.3. The van der Waals surface area contributed by atoms with Gasteiger partial charge < -0.3 is 14.7 Å². The number of carboxylic acids is 1. The van der Waals surface area contributed by atoms with Gasteiger partial charge >= 0.3 is 17.1 Å². The second-order valence-electron chi connectivity index (χ2n) is 10.8. The summed E-state index contributed by atoms with van der Waals surface area (Å²) in [5.74, 6) is -1.32. The van der Waals surface area contributed by atoms with Gasteiger partial charge in [0.25, 0.3) is 5.69 Å². The van der Waals surface area contributed by atoms with Crippen LogP contribution in [0.15, 0.2) is 101 Å². The summed E-state index contributed by atoms with van der Waals surface area (Å²) in [6.45, 7) is 3.29. The molecule has 2 N–H and O–H groups in total. The SMILES string of the molecule is O=C(O)Cn1c(=O)c(=O)[nH]c2cc([N+](=O)[O-])c(-n3ccc(CN4CCN(C(c5ccccc5)c5ccccc5)CC4)c3)cc21. The topological polar surface area (TPSA) is 147 Å². The van der Waals surface area contributed by atoms with E-state index >= 15 is 0 Å². The Kier molecular flexibility index (Phi) is 7.92. The number of benzene rings is 3. The second-order valence-corrected chi connectivity index (χ2v) is 10.8. The lowest BCUT2D eigenvalue weighted by Gasteiger charge is -2.39. The second kappa shape index (κ2) is 12.1. The third-order valence-electron chi connectivity index (χ3n) is 8.00. The van der Waals surface area contributed by atoms with E-state index in [1.165, 1.54) is 17.2 Å². The lowest BCUT2D eigenvalue weighted by atomic mass is 9.96. The molecule has 0 aliphatic carbocycles. The van der Waals surface area contributed by atoms with Crippen molar-refractivity contribution in [2.75, 3.05) is 26.2 Å². The first kappa shape index (κ1) is 28.8. The number of hydrogen-bond donors (Lipinski definition) is 2. The lowest BCUT2D eigenvalue weighted by Crippen LogP contribution is -2.47. The van der Waals surface area contributed by atoms with Crippen molar-refractivity contribution in [3.05, 3.63) is 139 Å². The van der Waals surface area contributed by atoms with Gasteiger partial charge in [0, 0.05) is 51.2 Å². The zero-order valence-corrected chi connectivity index (χ0v) is 23.7. The number of piperazine rings is 1. The maximum atomic E-state index is 12.4. The number of hydrogen-bond acceptors (Lipinski definition) is 7. The zero-order valence-electron chi connectivity index (χ0n) is 23.7. The van der Waals surface area contributed by atoms with Crippen molar-refractivity contribution in [1.29, 1.82) is 0 Å². The summed E-state index contributed by atoms with van der Waals surface area (Å²) in [5.41, 5.74) is 1.28. The number of carboxylic acid groups (broad SMARTS) is 1. The van der Waals surface area contributed by atoms with E-state index in [1.54, 1.807) is 17.0 Å². The molecule has 1 saturated heterocycles. The molecule has 6 rings (SSSR count). The van der Waals surface area contributed by atoms with Gasteiger partial charge in [-0.1, -0.05) is 60.7 Å². The van der Waals surface area contributed by atoms with Gasteiger partial charge in [0.2, 0.25) is 0 Å². The van der Waals surface area contributed by atoms with E-state index < -0.39 is 28.6 Å². The van der Waals surface area contributed by atoms with E-state index in [1.807, 2.05) is 18.2 Å². The first-order valence-electron chi connectivity index (χ1n) is 14.2. The van der Waals surface area contributed by atoms with Gasteiger partial charge in [-0.2, -0.15) is 0 Å². The summed E-state index contributed by atoms with van der Waals surface area (Å²) in [6.07, 6.45) is 3.49. The molecule has 2 aromatic heterocycles. The van der Waals surface area contributed by atoms with Crippen LogP contribution in [0.2, 0.25) is 0 Å². The van der Waals surface area contributed by atoms with E-state index in [9.17, 15) is 29.6 Å². The fourth-order valence-corrected chi connectivity index (χ4v) is 5.95. The number of aromatic nitrogens is 3. The summed E-state index contributed by atoms with van der Waals surface area (Å²) in [6, 6.07) is 25.5. The number of nitro groups is 1. The van der Waals surface area contributed by atoms with Gasteiger partial charge in [0.15, 0.2) is 0 Å². The number of nitrogens with zero attached hydrogens (tertiary/aromatic N) is 5. The maximum Gasteiger partial charge on any atom is 0.323 e. The van der Waals surface area contributed by atoms with Gasteiger partial charge in [-0.05, 0) is 28.8 Å². The zero-order chi connectivity index (χ0) is 30.8. The van der Waals surface area contributed by atoms with E-state index in [0.717, 1.165) is 42.4 Å². The molecule has 5 aromatic rings. The summed E-state index contributed by atoms with van der Waals surface area (Å²) < 4.78 is 2.40. The molecule has 1 aliphatic heterocycles. The molecular weight excluding hydrogens is 564 g/mol. The number of H-pyrrole nitrogens is 1. The molecule has 1 aliphatic rings. The molecule has 0 spiro atoms. The van der Waals surface area contributed by atoms with Crippen LogP contribution in [0, 0.1) is 10.1 Å². The third-order valence-corrected chi connectivity index (χ3v) is 8.00. The van der Waals surface area contributed by atoms with E-state index in [0.29, 0.717) is 6.54 Å². The van der Waals surface area contributed by atoms with Crippen molar-refractivity contribution in [3.8, 4) is 5.69 Å². The molecule has 0 atom stereocenters. The quantitative estimate of drug-likeness (QED) is 0.150. The van der Waals surface area contributed by atoms with Crippen molar-refractivity contribution < 1.29 is 14.8 Å². The molecule has 3 aromatic carbocycles.